The summed E-state index contributed by atoms with van der Waals surface area (Å²) in [6.07, 6.45) is -4.56. The van der Waals surface area contributed by atoms with Crippen molar-refractivity contribution >= 4 is 23.1 Å². The van der Waals surface area contributed by atoms with E-state index in [1.54, 1.807) is 29.4 Å². The Kier molecular flexibility index (Phi) is 7.25. The number of halogens is 6. The first-order valence-corrected chi connectivity index (χ1v) is 8.73. The Morgan fingerprint density at radius 2 is 1.35 bits per heavy atom. The zero-order valence-corrected chi connectivity index (χ0v) is 16.0. The van der Waals surface area contributed by atoms with Crippen LogP contribution in [0.3, 0.4) is 0 Å². The Bertz CT molecular complexity index is 1110. The first-order chi connectivity index (χ1) is 14.1. The fourth-order valence-corrected chi connectivity index (χ4v) is 2.81. The fraction of sp³-hybridized carbons (Fsp3) is 0.136. The third-order valence-electron chi connectivity index (χ3n) is 4.11. The molecule has 0 spiro atoms. The second kappa shape index (κ2) is 9.32. The van der Waals surface area contributed by atoms with Gasteiger partial charge in [-0.3, -0.25) is 0 Å². The van der Waals surface area contributed by atoms with Crippen LogP contribution in [0.25, 0.3) is 11.1 Å². The quantitative estimate of drug-likeness (QED) is 0.223. The van der Waals surface area contributed by atoms with Crippen molar-refractivity contribution < 1.29 is 31.1 Å². The monoisotopic (exact) mass is 455 g/mol. The molecule has 0 heterocycles. The highest BCUT2D eigenvalue weighted by molar-refractivity contribution is 7.78. The summed E-state index contributed by atoms with van der Waals surface area (Å²) in [5.41, 5.74) is -1.21. The van der Waals surface area contributed by atoms with Gasteiger partial charge in [-0.15, -0.1) is 0 Å². The molecule has 0 aliphatic carbocycles. The number of thiocarbonyl (C=S) groups is 1. The molecule has 0 amide bonds. The average molecular weight is 455 g/mol. The Morgan fingerprint density at radius 1 is 0.839 bits per heavy atom. The molecule has 2 nitrogen and oxygen atoms in total. The molecule has 0 fully saturated rings. The van der Waals surface area contributed by atoms with E-state index in [-0.39, 0.29) is 13.0 Å². The number of rotatable bonds is 5. The molecule has 0 aromatic heterocycles. The molecular weight excluding hydrogens is 440 g/mol. The van der Waals surface area contributed by atoms with E-state index in [4.69, 9.17) is 0 Å². The number of aryl methyl sites for hydroxylation is 1. The average Bonchev–Trinajstić information content (AvgIpc) is 2.64. The van der Waals surface area contributed by atoms with Gasteiger partial charge in [-0.2, -0.15) is 13.8 Å². The second-order valence-electron chi connectivity index (χ2n) is 6.24. The molecule has 3 aromatic carbocycles. The number of nitrogens with zero attached hydrogens (tertiary/aromatic N) is 1. The van der Waals surface area contributed by atoms with Crippen molar-refractivity contribution in [2.24, 2.45) is 4.99 Å². The van der Waals surface area contributed by atoms with Gasteiger partial charge in [-0.05, 0) is 42.4 Å². The minimum atomic E-state index is -4.56. The van der Waals surface area contributed by atoms with E-state index in [1.807, 2.05) is 6.92 Å². The molecule has 0 bridgehead atoms. The minimum absolute atomic E-state index is 0. The fourth-order valence-electron chi connectivity index (χ4n) is 2.72. The Morgan fingerprint density at radius 3 is 1.84 bits per heavy atom. The number of aliphatic imine (C=N–C) groups is 1. The van der Waals surface area contributed by atoms with E-state index in [9.17, 15) is 26.3 Å². The summed E-state index contributed by atoms with van der Waals surface area (Å²) in [7, 11) is 0. The van der Waals surface area contributed by atoms with Gasteiger partial charge >= 0.3 is 6.11 Å². The number of ether oxygens (including phenoxy) is 1. The van der Waals surface area contributed by atoms with Crippen LogP contribution in [0.5, 0.6) is 5.75 Å². The van der Waals surface area contributed by atoms with Crippen LogP contribution in [0, 0.1) is 30.2 Å². The maximum absolute atomic E-state index is 14.5. The Labute approximate surface area is 179 Å². The number of isothiocyanates is 1. The maximum Gasteiger partial charge on any atom is 0.432 e. The van der Waals surface area contributed by atoms with Gasteiger partial charge in [0.05, 0.1) is 5.16 Å². The summed E-state index contributed by atoms with van der Waals surface area (Å²) in [6.45, 7) is 1.81. The zero-order chi connectivity index (χ0) is 22.1. The predicted molar refractivity (Wildman–Crippen MR) is 109 cm³/mol. The smallest absolute Gasteiger partial charge is 0.429 e. The van der Waals surface area contributed by atoms with Gasteiger partial charge in [-0.25, -0.2) is 17.6 Å². The lowest BCUT2D eigenvalue weighted by Gasteiger charge is -2.20. The van der Waals surface area contributed by atoms with Crippen molar-refractivity contribution in [1.29, 1.82) is 0 Å². The molecule has 9 heteroatoms. The molecule has 0 aliphatic heterocycles. The highest BCUT2D eigenvalue weighted by Gasteiger charge is 2.41. The van der Waals surface area contributed by atoms with E-state index in [0.717, 1.165) is 17.7 Å². The van der Waals surface area contributed by atoms with Gasteiger partial charge in [-0.1, -0.05) is 37.3 Å². The topological polar surface area (TPSA) is 21.6 Å². The Hall–Kier alpha value is -3.16. The number of hydrogen-bond donors (Lipinski definition) is 0. The predicted octanol–water partition coefficient (Wildman–Crippen LogP) is 7.72. The van der Waals surface area contributed by atoms with Crippen LogP contribution in [0.4, 0.5) is 32.0 Å². The third kappa shape index (κ3) is 5.13. The molecule has 0 atom stereocenters. The van der Waals surface area contributed by atoms with Gasteiger partial charge in [0.15, 0.2) is 11.6 Å². The summed E-state index contributed by atoms with van der Waals surface area (Å²) >= 11 is 4.23. The van der Waals surface area contributed by atoms with E-state index in [1.165, 1.54) is 0 Å². The number of alkyl halides is 2. The molecular formula is C22H15F6NOS. The molecule has 3 aromatic rings. The lowest BCUT2D eigenvalue weighted by molar-refractivity contribution is -0.189. The van der Waals surface area contributed by atoms with Crippen molar-refractivity contribution in [2.75, 3.05) is 0 Å². The van der Waals surface area contributed by atoms with Gasteiger partial charge in [0.2, 0.25) is 0 Å². The van der Waals surface area contributed by atoms with Crippen molar-refractivity contribution in [3.8, 4) is 16.9 Å². The van der Waals surface area contributed by atoms with Crippen LogP contribution in [0.1, 0.15) is 18.6 Å². The largest absolute Gasteiger partial charge is 0.432 e. The van der Waals surface area contributed by atoms with Crippen LogP contribution in [0.15, 0.2) is 53.5 Å². The van der Waals surface area contributed by atoms with Crippen LogP contribution in [0.2, 0.25) is 0 Å². The van der Waals surface area contributed by atoms with E-state index < -0.39 is 46.4 Å². The van der Waals surface area contributed by atoms with Crippen molar-refractivity contribution in [3.63, 3.8) is 0 Å². The summed E-state index contributed by atoms with van der Waals surface area (Å²) in [5.74, 6) is -6.90. The van der Waals surface area contributed by atoms with E-state index in [0.29, 0.717) is 17.7 Å². The highest BCUT2D eigenvalue weighted by atomic mass is 32.1. The third-order valence-corrected chi connectivity index (χ3v) is 4.20. The van der Waals surface area contributed by atoms with Gasteiger partial charge < -0.3 is 4.74 Å². The van der Waals surface area contributed by atoms with E-state index in [2.05, 4.69) is 21.9 Å². The zero-order valence-electron chi connectivity index (χ0n) is 15.2. The van der Waals surface area contributed by atoms with Gasteiger partial charge in [0.1, 0.15) is 28.6 Å². The normalized spacial score (nSPS) is 10.8. The molecule has 31 heavy (non-hydrogen) atoms. The number of hydrogen-bond acceptors (Lipinski definition) is 3. The SMILES string of the molecule is C.Cc1ccc(-c2cc(F)c(C(F)(F)Oc3cc(F)c(N=C=S)c(F)c3)c(F)c2)cc1. The summed E-state index contributed by atoms with van der Waals surface area (Å²) in [6, 6.07) is 8.76. The first kappa shape index (κ1) is 24.1. The minimum Gasteiger partial charge on any atom is -0.429 e. The van der Waals surface area contributed by atoms with Crippen LogP contribution in [-0.4, -0.2) is 5.16 Å². The number of benzene rings is 3. The second-order valence-corrected chi connectivity index (χ2v) is 6.42. The first-order valence-electron chi connectivity index (χ1n) is 8.32. The highest BCUT2D eigenvalue weighted by Crippen LogP contribution is 2.38. The molecule has 0 radical (unpaired) electrons. The van der Waals surface area contributed by atoms with Gasteiger partial charge in [0.25, 0.3) is 0 Å². The summed E-state index contributed by atoms with van der Waals surface area (Å²) < 4.78 is 89.6. The summed E-state index contributed by atoms with van der Waals surface area (Å²) in [5, 5.41) is 1.74. The van der Waals surface area contributed by atoms with Crippen LogP contribution < -0.4 is 4.74 Å². The van der Waals surface area contributed by atoms with Gasteiger partial charge in [0, 0.05) is 12.1 Å². The molecule has 3 rings (SSSR count). The standard InChI is InChI=1S/C21H11F6NOS.CH4/c1-11-2-4-12(5-3-11)13-6-15(22)19(16(23)7-13)21(26,27)29-14-8-17(24)20(28-10-30)18(25)9-14;/h2-9H,1H3;1H4. The lowest BCUT2D eigenvalue weighted by atomic mass is 10.0. The van der Waals surface area contributed by atoms with Crippen molar-refractivity contribution in [3.05, 3.63) is 82.9 Å². The molecule has 0 aliphatic rings. The van der Waals surface area contributed by atoms with Crippen molar-refractivity contribution in [2.45, 2.75) is 20.5 Å². The Balaban J connectivity index is 0.00000341. The molecule has 0 unspecified atom stereocenters. The molecule has 0 saturated heterocycles. The van der Waals surface area contributed by atoms with E-state index >= 15 is 0 Å². The molecule has 0 saturated carbocycles. The summed E-state index contributed by atoms with van der Waals surface area (Å²) in [4.78, 5) is 3.13. The van der Waals surface area contributed by atoms with Crippen LogP contribution >= 0.6 is 12.2 Å². The lowest BCUT2D eigenvalue weighted by Crippen LogP contribution is -2.25. The maximum atomic E-state index is 14.5. The van der Waals surface area contributed by atoms with Crippen LogP contribution in [-0.2, 0) is 6.11 Å². The molecule has 0 N–H and O–H groups in total. The molecule has 162 valence electrons. The van der Waals surface area contributed by atoms with Crippen molar-refractivity contribution in [1.82, 2.24) is 0 Å².